The van der Waals surface area contributed by atoms with E-state index >= 15 is 0 Å². The predicted octanol–water partition coefficient (Wildman–Crippen LogP) is 5.28. The topological polar surface area (TPSA) is 12.0 Å². The van der Waals surface area contributed by atoms with Crippen LogP contribution in [-0.2, 0) is 6.42 Å². The molecule has 1 unspecified atom stereocenters. The van der Waals surface area contributed by atoms with Gasteiger partial charge in [-0.05, 0) is 55.6 Å². The molecule has 0 amide bonds. The first-order valence-corrected chi connectivity index (χ1v) is 7.64. The van der Waals surface area contributed by atoms with Gasteiger partial charge in [0.2, 0.25) is 0 Å². The molecule has 2 aromatic carbocycles. The van der Waals surface area contributed by atoms with Crippen LogP contribution in [0.1, 0.15) is 30.5 Å². The first-order chi connectivity index (χ1) is 9.66. The first-order valence-electron chi connectivity index (χ1n) is 6.89. The van der Waals surface area contributed by atoms with Crippen LogP contribution in [0, 0.1) is 0 Å². The van der Waals surface area contributed by atoms with E-state index in [1.807, 2.05) is 24.3 Å². The van der Waals surface area contributed by atoms with Crippen molar-refractivity contribution in [3.63, 3.8) is 0 Å². The Labute approximate surface area is 130 Å². The average Bonchev–Trinajstić information content (AvgIpc) is 2.47. The molecule has 0 aliphatic heterocycles. The zero-order valence-corrected chi connectivity index (χ0v) is 13.1. The number of hydrogen-bond donors (Lipinski definition) is 1. The maximum Gasteiger partial charge on any atom is 0.0454 e. The van der Waals surface area contributed by atoms with E-state index in [1.54, 1.807) is 0 Å². The molecule has 0 aliphatic rings. The lowest BCUT2D eigenvalue weighted by Crippen LogP contribution is -2.20. The molecule has 0 aliphatic carbocycles. The first kappa shape index (κ1) is 15.4. The molecule has 106 valence electrons. The highest BCUT2D eigenvalue weighted by Gasteiger charge is 2.09. The summed E-state index contributed by atoms with van der Waals surface area (Å²) < 4.78 is 0. The molecule has 0 saturated heterocycles. The molecule has 0 spiro atoms. The molecule has 0 bridgehead atoms. The van der Waals surface area contributed by atoms with Crippen molar-refractivity contribution < 1.29 is 0 Å². The van der Waals surface area contributed by atoms with Crippen molar-refractivity contribution in [2.75, 3.05) is 6.54 Å². The molecule has 1 N–H and O–H groups in total. The van der Waals surface area contributed by atoms with E-state index in [0.717, 1.165) is 35.0 Å². The standard InChI is InChI=1S/C17H19Cl2N/c1-13(16-12-15(18)9-10-17(16)19)20-11-5-8-14-6-3-2-4-7-14/h2-4,6-7,9-10,12-13,20H,5,8,11H2,1H3. The fourth-order valence-corrected chi connectivity index (χ4v) is 2.67. The molecular weight excluding hydrogens is 289 g/mol. The number of aryl methyl sites for hydroxylation is 1. The summed E-state index contributed by atoms with van der Waals surface area (Å²) in [6, 6.07) is 16.3. The van der Waals surface area contributed by atoms with E-state index in [9.17, 15) is 0 Å². The smallest absolute Gasteiger partial charge is 0.0454 e. The summed E-state index contributed by atoms with van der Waals surface area (Å²) in [6.45, 7) is 3.07. The Morgan fingerprint density at radius 2 is 1.80 bits per heavy atom. The van der Waals surface area contributed by atoms with E-state index < -0.39 is 0 Å². The summed E-state index contributed by atoms with van der Waals surface area (Å²) in [4.78, 5) is 0. The number of rotatable bonds is 6. The maximum atomic E-state index is 6.20. The van der Waals surface area contributed by atoms with Crippen LogP contribution < -0.4 is 5.32 Å². The van der Waals surface area contributed by atoms with Crippen molar-refractivity contribution in [1.82, 2.24) is 5.32 Å². The predicted molar refractivity (Wildman–Crippen MR) is 87.6 cm³/mol. The third kappa shape index (κ3) is 4.52. The van der Waals surface area contributed by atoms with Gasteiger partial charge in [0.25, 0.3) is 0 Å². The van der Waals surface area contributed by atoms with Gasteiger partial charge in [-0.15, -0.1) is 0 Å². The lowest BCUT2D eigenvalue weighted by molar-refractivity contribution is 0.558. The van der Waals surface area contributed by atoms with Crippen molar-refractivity contribution in [2.24, 2.45) is 0 Å². The van der Waals surface area contributed by atoms with Gasteiger partial charge < -0.3 is 5.32 Å². The van der Waals surface area contributed by atoms with Crippen LogP contribution >= 0.6 is 23.2 Å². The highest BCUT2D eigenvalue weighted by Crippen LogP contribution is 2.26. The molecular formula is C17H19Cl2N. The molecule has 0 fully saturated rings. The molecule has 0 saturated carbocycles. The van der Waals surface area contributed by atoms with Crippen LogP contribution in [-0.4, -0.2) is 6.54 Å². The fraction of sp³-hybridized carbons (Fsp3) is 0.294. The quantitative estimate of drug-likeness (QED) is 0.716. The summed E-state index contributed by atoms with van der Waals surface area (Å²) in [5, 5.41) is 4.98. The van der Waals surface area contributed by atoms with Gasteiger partial charge in [0.1, 0.15) is 0 Å². The Morgan fingerprint density at radius 1 is 1.05 bits per heavy atom. The van der Waals surface area contributed by atoms with Crippen molar-refractivity contribution in [3.05, 3.63) is 69.7 Å². The van der Waals surface area contributed by atoms with Gasteiger partial charge in [-0.1, -0.05) is 53.5 Å². The van der Waals surface area contributed by atoms with Crippen LogP contribution in [0.4, 0.5) is 0 Å². The van der Waals surface area contributed by atoms with Gasteiger partial charge in [-0.2, -0.15) is 0 Å². The lowest BCUT2D eigenvalue weighted by Gasteiger charge is -2.16. The number of benzene rings is 2. The third-order valence-corrected chi connectivity index (χ3v) is 3.94. The minimum atomic E-state index is 0.206. The molecule has 3 heteroatoms. The van der Waals surface area contributed by atoms with Gasteiger partial charge in [0, 0.05) is 16.1 Å². The molecule has 20 heavy (non-hydrogen) atoms. The zero-order valence-electron chi connectivity index (χ0n) is 11.6. The summed E-state index contributed by atoms with van der Waals surface area (Å²) in [5.41, 5.74) is 2.43. The van der Waals surface area contributed by atoms with Gasteiger partial charge in [0.05, 0.1) is 0 Å². The second-order valence-corrected chi connectivity index (χ2v) is 5.77. The molecule has 2 rings (SSSR count). The van der Waals surface area contributed by atoms with Crippen molar-refractivity contribution in [2.45, 2.75) is 25.8 Å². The minimum Gasteiger partial charge on any atom is -0.310 e. The Hall–Kier alpha value is -1.02. The molecule has 0 heterocycles. The van der Waals surface area contributed by atoms with Gasteiger partial charge in [-0.3, -0.25) is 0 Å². The van der Waals surface area contributed by atoms with Crippen molar-refractivity contribution >= 4 is 23.2 Å². The van der Waals surface area contributed by atoms with E-state index in [2.05, 4.69) is 36.5 Å². The molecule has 2 aromatic rings. The Balaban J connectivity index is 1.80. The van der Waals surface area contributed by atoms with E-state index in [1.165, 1.54) is 5.56 Å². The second-order valence-electron chi connectivity index (χ2n) is 4.93. The largest absolute Gasteiger partial charge is 0.310 e. The number of hydrogen-bond acceptors (Lipinski definition) is 1. The molecule has 1 nitrogen and oxygen atoms in total. The van der Waals surface area contributed by atoms with Gasteiger partial charge in [0.15, 0.2) is 0 Å². The third-order valence-electron chi connectivity index (χ3n) is 3.36. The summed E-state index contributed by atoms with van der Waals surface area (Å²) >= 11 is 12.2. The fourth-order valence-electron chi connectivity index (χ4n) is 2.21. The maximum absolute atomic E-state index is 6.20. The number of nitrogens with one attached hydrogen (secondary N) is 1. The Bertz CT molecular complexity index is 540. The molecule has 0 aromatic heterocycles. The SMILES string of the molecule is CC(NCCCc1ccccc1)c1cc(Cl)ccc1Cl. The lowest BCUT2D eigenvalue weighted by atomic mass is 10.1. The van der Waals surface area contributed by atoms with Gasteiger partial charge >= 0.3 is 0 Å². The molecule has 1 atom stereocenters. The van der Waals surface area contributed by atoms with Crippen molar-refractivity contribution in [3.8, 4) is 0 Å². The second kappa shape index (κ2) is 7.68. The minimum absolute atomic E-state index is 0.206. The number of halogens is 2. The van der Waals surface area contributed by atoms with Crippen LogP contribution in [0.3, 0.4) is 0 Å². The summed E-state index contributed by atoms with van der Waals surface area (Å²) in [7, 11) is 0. The average molecular weight is 308 g/mol. The van der Waals surface area contributed by atoms with Crippen LogP contribution in [0.25, 0.3) is 0 Å². The van der Waals surface area contributed by atoms with E-state index in [0.29, 0.717) is 0 Å². The monoisotopic (exact) mass is 307 g/mol. The van der Waals surface area contributed by atoms with Crippen LogP contribution in [0.2, 0.25) is 10.0 Å². The summed E-state index contributed by atoms with van der Waals surface area (Å²) in [6.07, 6.45) is 2.19. The van der Waals surface area contributed by atoms with Crippen molar-refractivity contribution in [1.29, 1.82) is 0 Å². The Kier molecular flexibility index (Phi) is 5.90. The van der Waals surface area contributed by atoms with E-state index in [-0.39, 0.29) is 6.04 Å². The normalized spacial score (nSPS) is 12.3. The van der Waals surface area contributed by atoms with E-state index in [4.69, 9.17) is 23.2 Å². The zero-order chi connectivity index (χ0) is 14.4. The highest BCUT2D eigenvalue weighted by atomic mass is 35.5. The van der Waals surface area contributed by atoms with Crippen LogP contribution in [0.15, 0.2) is 48.5 Å². The van der Waals surface area contributed by atoms with Gasteiger partial charge in [-0.25, -0.2) is 0 Å². The summed E-state index contributed by atoms with van der Waals surface area (Å²) in [5.74, 6) is 0. The highest BCUT2D eigenvalue weighted by molar-refractivity contribution is 6.33. The van der Waals surface area contributed by atoms with Crippen LogP contribution in [0.5, 0.6) is 0 Å². The Morgan fingerprint density at radius 3 is 2.55 bits per heavy atom. The molecule has 0 radical (unpaired) electrons.